The lowest BCUT2D eigenvalue weighted by Gasteiger charge is -2.04. The highest BCUT2D eigenvalue weighted by molar-refractivity contribution is 7.17. The summed E-state index contributed by atoms with van der Waals surface area (Å²) in [4.78, 5) is 20.9. The molecule has 0 aliphatic rings. The van der Waals surface area contributed by atoms with Gasteiger partial charge in [0.2, 0.25) is 0 Å². The Kier molecular flexibility index (Phi) is 4.99. The van der Waals surface area contributed by atoms with E-state index in [2.05, 4.69) is 20.6 Å². The van der Waals surface area contributed by atoms with Crippen molar-refractivity contribution in [1.82, 2.24) is 15.3 Å². The van der Waals surface area contributed by atoms with Crippen LogP contribution in [0.3, 0.4) is 0 Å². The first-order valence-corrected chi connectivity index (χ1v) is 8.21. The number of amides is 1. The minimum atomic E-state index is -0.429. The molecule has 0 aliphatic heterocycles. The second-order valence-electron chi connectivity index (χ2n) is 5.23. The summed E-state index contributed by atoms with van der Waals surface area (Å²) in [5, 5.41) is 6.20. The number of carbonyl (C=O) groups is 1. The van der Waals surface area contributed by atoms with Gasteiger partial charge in [-0.15, -0.1) is 0 Å². The molecule has 0 radical (unpaired) electrons. The Morgan fingerprint density at radius 1 is 1.12 bits per heavy atom. The number of nitrogens with one attached hydrogen (secondary N) is 2. The molecule has 0 saturated heterocycles. The summed E-state index contributed by atoms with van der Waals surface area (Å²) in [6.07, 6.45) is 1.10. The van der Waals surface area contributed by atoms with Crippen molar-refractivity contribution < 1.29 is 13.6 Å². The highest BCUT2D eigenvalue weighted by atomic mass is 32.1. The Balaban J connectivity index is 1.65. The maximum atomic E-state index is 12.9. The van der Waals surface area contributed by atoms with Crippen LogP contribution in [-0.4, -0.2) is 15.9 Å². The molecule has 128 valence electrons. The van der Waals surface area contributed by atoms with Gasteiger partial charge in [-0.25, -0.2) is 18.7 Å². The number of hydrogen-bond donors (Lipinski definition) is 2. The van der Waals surface area contributed by atoms with Gasteiger partial charge in [-0.1, -0.05) is 23.5 Å². The minimum absolute atomic E-state index is 0.264. The van der Waals surface area contributed by atoms with Crippen molar-refractivity contribution in [1.29, 1.82) is 0 Å². The molecule has 1 amide bonds. The lowest BCUT2D eigenvalue weighted by atomic mass is 10.2. The van der Waals surface area contributed by atoms with E-state index in [1.54, 1.807) is 19.1 Å². The van der Waals surface area contributed by atoms with Crippen molar-refractivity contribution in [2.75, 3.05) is 5.32 Å². The van der Waals surface area contributed by atoms with Crippen LogP contribution in [-0.2, 0) is 6.54 Å². The number of thiazole rings is 1. The number of nitrogens with zero attached hydrogens (tertiary/aromatic N) is 2. The average molecular weight is 360 g/mol. The van der Waals surface area contributed by atoms with E-state index in [0.29, 0.717) is 28.1 Å². The largest absolute Gasteiger partial charge is 0.347 e. The molecule has 0 unspecified atom stereocenters. The number of aryl methyl sites for hydroxylation is 1. The summed E-state index contributed by atoms with van der Waals surface area (Å²) in [6, 6.07) is 8.69. The van der Waals surface area contributed by atoms with Crippen LogP contribution >= 0.6 is 11.3 Å². The Labute approximate surface area is 146 Å². The van der Waals surface area contributed by atoms with Gasteiger partial charge in [-0.3, -0.25) is 4.79 Å². The van der Waals surface area contributed by atoms with Gasteiger partial charge < -0.3 is 10.6 Å². The zero-order valence-electron chi connectivity index (χ0n) is 13.2. The van der Waals surface area contributed by atoms with E-state index < -0.39 is 5.82 Å². The standard InChI is InChI=1S/C17H14F2N4OS/c1-10-15(16(24)21-8-11-2-4-12(18)5-3-11)25-17(22-10)23-14-7-6-13(19)9-20-14/h2-7,9H,8H2,1H3,(H,21,24)(H,20,22,23). The van der Waals surface area contributed by atoms with E-state index in [1.165, 1.54) is 35.6 Å². The lowest BCUT2D eigenvalue weighted by Crippen LogP contribution is -2.22. The third-order valence-corrected chi connectivity index (χ3v) is 4.40. The smallest absolute Gasteiger partial charge is 0.263 e. The summed E-state index contributed by atoms with van der Waals surface area (Å²) in [5.74, 6) is -0.576. The van der Waals surface area contributed by atoms with Crippen LogP contribution < -0.4 is 10.6 Å². The monoisotopic (exact) mass is 360 g/mol. The molecule has 0 aliphatic carbocycles. The van der Waals surface area contributed by atoms with Gasteiger partial charge in [-0.05, 0) is 36.8 Å². The highest BCUT2D eigenvalue weighted by Crippen LogP contribution is 2.25. The van der Waals surface area contributed by atoms with Crippen LogP contribution in [0.1, 0.15) is 20.9 Å². The van der Waals surface area contributed by atoms with Crippen molar-refractivity contribution in [2.45, 2.75) is 13.5 Å². The predicted octanol–water partition coefficient (Wildman–Crippen LogP) is 3.80. The molecule has 0 bridgehead atoms. The molecule has 0 atom stereocenters. The molecule has 0 saturated carbocycles. The maximum Gasteiger partial charge on any atom is 0.263 e. The molecule has 3 rings (SSSR count). The fourth-order valence-electron chi connectivity index (χ4n) is 2.08. The number of benzene rings is 1. The molecule has 8 heteroatoms. The first-order valence-electron chi connectivity index (χ1n) is 7.40. The Bertz CT molecular complexity index is 879. The first kappa shape index (κ1) is 17.0. The van der Waals surface area contributed by atoms with Crippen molar-refractivity contribution >= 4 is 28.2 Å². The van der Waals surface area contributed by atoms with Crippen LogP contribution in [0, 0.1) is 18.6 Å². The molecule has 25 heavy (non-hydrogen) atoms. The number of aromatic nitrogens is 2. The van der Waals surface area contributed by atoms with E-state index in [4.69, 9.17) is 0 Å². The number of carbonyl (C=O) groups excluding carboxylic acids is 1. The Hall–Kier alpha value is -2.87. The molecule has 5 nitrogen and oxygen atoms in total. The molecule has 3 aromatic rings. The quantitative estimate of drug-likeness (QED) is 0.726. The van der Waals surface area contributed by atoms with Crippen molar-refractivity contribution in [3.63, 3.8) is 0 Å². The highest BCUT2D eigenvalue weighted by Gasteiger charge is 2.15. The number of hydrogen-bond acceptors (Lipinski definition) is 5. The molecule has 2 heterocycles. The van der Waals surface area contributed by atoms with Gasteiger partial charge in [0.25, 0.3) is 5.91 Å². The maximum absolute atomic E-state index is 12.9. The second-order valence-corrected chi connectivity index (χ2v) is 6.23. The van der Waals surface area contributed by atoms with Crippen LogP contribution in [0.15, 0.2) is 42.6 Å². The van der Waals surface area contributed by atoms with E-state index in [0.717, 1.165) is 11.8 Å². The van der Waals surface area contributed by atoms with Crippen LogP contribution in [0.5, 0.6) is 0 Å². The van der Waals surface area contributed by atoms with Crippen molar-refractivity contribution in [3.8, 4) is 0 Å². The van der Waals surface area contributed by atoms with Gasteiger partial charge in [0, 0.05) is 6.54 Å². The Morgan fingerprint density at radius 2 is 1.84 bits per heavy atom. The second kappa shape index (κ2) is 7.35. The zero-order chi connectivity index (χ0) is 17.8. The summed E-state index contributed by atoms with van der Waals surface area (Å²) in [7, 11) is 0. The normalized spacial score (nSPS) is 10.5. The van der Waals surface area contributed by atoms with Gasteiger partial charge >= 0.3 is 0 Å². The minimum Gasteiger partial charge on any atom is -0.347 e. The molecule has 0 fully saturated rings. The van der Waals surface area contributed by atoms with Crippen LogP contribution in [0.25, 0.3) is 0 Å². The van der Waals surface area contributed by atoms with Crippen molar-refractivity contribution in [3.05, 3.63) is 70.4 Å². The van der Waals surface area contributed by atoms with Crippen molar-refractivity contribution in [2.24, 2.45) is 0 Å². The summed E-state index contributed by atoms with van der Waals surface area (Å²) >= 11 is 1.18. The zero-order valence-corrected chi connectivity index (χ0v) is 14.0. The lowest BCUT2D eigenvalue weighted by molar-refractivity contribution is 0.0954. The van der Waals surface area contributed by atoms with E-state index in [-0.39, 0.29) is 11.7 Å². The number of pyridine rings is 1. The van der Waals surface area contributed by atoms with Gasteiger partial charge in [0.15, 0.2) is 5.13 Å². The Morgan fingerprint density at radius 3 is 2.52 bits per heavy atom. The summed E-state index contributed by atoms with van der Waals surface area (Å²) in [6.45, 7) is 2.02. The number of halogens is 2. The van der Waals surface area contributed by atoms with E-state index in [9.17, 15) is 13.6 Å². The molecule has 2 N–H and O–H groups in total. The summed E-state index contributed by atoms with van der Waals surface area (Å²) < 4.78 is 25.7. The third-order valence-electron chi connectivity index (χ3n) is 3.33. The first-order chi connectivity index (χ1) is 12.0. The van der Waals surface area contributed by atoms with Crippen LogP contribution in [0.4, 0.5) is 19.7 Å². The summed E-state index contributed by atoms with van der Waals surface area (Å²) in [5.41, 5.74) is 1.37. The molecule has 2 aromatic heterocycles. The molecule has 1 aromatic carbocycles. The number of anilines is 2. The third kappa shape index (κ3) is 4.36. The van der Waals surface area contributed by atoms with E-state index in [1.807, 2.05) is 0 Å². The van der Waals surface area contributed by atoms with Gasteiger partial charge in [-0.2, -0.15) is 0 Å². The van der Waals surface area contributed by atoms with Gasteiger partial charge in [0.05, 0.1) is 11.9 Å². The fraction of sp³-hybridized carbons (Fsp3) is 0.118. The fourth-order valence-corrected chi connectivity index (χ4v) is 2.97. The SMILES string of the molecule is Cc1nc(Nc2ccc(F)cn2)sc1C(=O)NCc1ccc(F)cc1. The predicted molar refractivity (Wildman–Crippen MR) is 91.9 cm³/mol. The molecular weight excluding hydrogens is 346 g/mol. The van der Waals surface area contributed by atoms with Crippen LogP contribution in [0.2, 0.25) is 0 Å². The molecular formula is C17H14F2N4OS. The topological polar surface area (TPSA) is 66.9 Å². The average Bonchev–Trinajstić information content (AvgIpc) is 2.96. The molecule has 0 spiro atoms. The number of rotatable bonds is 5. The van der Waals surface area contributed by atoms with Gasteiger partial charge in [0.1, 0.15) is 22.3 Å². The van der Waals surface area contributed by atoms with E-state index >= 15 is 0 Å².